The molecule has 10 heteroatoms. The van der Waals surface area contributed by atoms with E-state index < -0.39 is 11.9 Å². The average molecular weight is 344 g/mol. The number of nitrogens with one attached hydrogen (secondary N) is 1. The highest BCUT2D eigenvalue weighted by molar-refractivity contribution is 6.08. The zero-order valence-corrected chi connectivity index (χ0v) is 13.0. The molecule has 0 aliphatic carbocycles. The molecule has 1 amide bonds. The maximum Gasteiger partial charge on any atom is 0.339 e. The quantitative estimate of drug-likeness (QED) is 0.717. The fourth-order valence-electron chi connectivity index (χ4n) is 2.18. The Bertz CT molecular complexity index is 931. The summed E-state index contributed by atoms with van der Waals surface area (Å²) in [4.78, 5) is 27.2. The molecule has 0 saturated heterocycles. The first-order valence-corrected chi connectivity index (χ1v) is 7.14. The van der Waals surface area contributed by atoms with Gasteiger partial charge in [0.2, 0.25) is 5.95 Å². The van der Waals surface area contributed by atoms with E-state index in [-0.39, 0.29) is 23.0 Å². The number of anilines is 1. The number of hydrogen-bond acceptors (Lipinski definition) is 5. The summed E-state index contributed by atoms with van der Waals surface area (Å²) in [5, 5.41) is 19.4. The Morgan fingerprint density at radius 1 is 1.24 bits per heavy atom. The van der Waals surface area contributed by atoms with Gasteiger partial charge in [0, 0.05) is 13.2 Å². The number of nitrogens with zero attached hydrogens (tertiary/aromatic N) is 5. The number of benzene rings is 1. The normalized spacial score (nSPS) is 10.6. The number of aryl methyl sites for hydroxylation is 1. The maximum atomic E-state index is 12.9. The van der Waals surface area contributed by atoms with Crippen LogP contribution in [0, 0.1) is 5.82 Å². The minimum Gasteiger partial charge on any atom is -0.478 e. The Balaban J connectivity index is 1.72. The van der Waals surface area contributed by atoms with Crippen LogP contribution in [0.25, 0.3) is 0 Å². The molecule has 3 rings (SSSR count). The Labute approximate surface area is 140 Å². The van der Waals surface area contributed by atoms with Crippen LogP contribution in [0.2, 0.25) is 0 Å². The first-order chi connectivity index (χ1) is 11.9. The molecule has 9 nitrogen and oxygen atoms in total. The van der Waals surface area contributed by atoms with Crippen LogP contribution in [0.4, 0.5) is 10.3 Å². The second kappa shape index (κ2) is 6.51. The van der Waals surface area contributed by atoms with Crippen molar-refractivity contribution < 1.29 is 19.1 Å². The molecule has 0 aliphatic heterocycles. The molecular weight excluding hydrogens is 331 g/mol. The van der Waals surface area contributed by atoms with E-state index >= 15 is 0 Å². The molecule has 25 heavy (non-hydrogen) atoms. The van der Waals surface area contributed by atoms with Crippen LogP contribution in [0.1, 0.15) is 26.4 Å². The van der Waals surface area contributed by atoms with Gasteiger partial charge in [-0.3, -0.25) is 14.8 Å². The van der Waals surface area contributed by atoms with Crippen molar-refractivity contribution in [2.75, 3.05) is 5.32 Å². The molecule has 0 fully saturated rings. The maximum absolute atomic E-state index is 12.9. The standard InChI is InChI=1S/C15H13FN6O3/c1-21-7-11(14(24)25)12(19-21)13(23)18-15-17-8-22(20-15)6-9-2-4-10(16)5-3-9/h2-5,7-8H,6H2,1H3,(H,24,25)(H,18,20,23). The first-order valence-electron chi connectivity index (χ1n) is 7.14. The number of hydrogen-bond donors (Lipinski definition) is 2. The monoisotopic (exact) mass is 344 g/mol. The van der Waals surface area contributed by atoms with E-state index in [1.54, 1.807) is 12.1 Å². The summed E-state index contributed by atoms with van der Waals surface area (Å²) in [7, 11) is 1.51. The van der Waals surface area contributed by atoms with Crippen molar-refractivity contribution in [3.63, 3.8) is 0 Å². The number of amides is 1. The van der Waals surface area contributed by atoms with Gasteiger partial charge in [0.05, 0.1) is 6.54 Å². The fraction of sp³-hybridized carbons (Fsp3) is 0.133. The molecule has 0 radical (unpaired) electrons. The van der Waals surface area contributed by atoms with Gasteiger partial charge in [0.15, 0.2) is 5.69 Å². The lowest BCUT2D eigenvalue weighted by molar-refractivity contribution is 0.0692. The van der Waals surface area contributed by atoms with Crippen molar-refractivity contribution in [1.29, 1.82) is 0 Å². The fourth-order valence-corrected chi connectivity index (χ4v) is 2.18. The van der Waals surface area contributed by atoms with Gasteiger partial charge in [-0.15, -0.1) is 5.10 Å². The van der Waals surface area contributed by atoms with Crippen molar-refractivity contribution in [1.82, 2.24) is 24.5 Å². The Kier molecular flexibility index (Phi) is 4.25. The summed E-state index contributed by atoms with van der Waals surface area (Å²) in [5.41, 5.74) is 0.359. The summed E-state index contributed by atoms with van der Waals surface area (Å²) in [6, 6.07) is 5.90. The van der Waals surface area contributed by atoms with E-state index in [2.05, 4.69) is 20.5 Å². The van der Waals surface area contributed by atoms with Crippen molar-refractivity contribution in [2.24, 2.45) is 7.05 Å². The SMILES string of the molecule is Cn1cc(C(=O)O)c(C(=O)Nc2ncn(Cc3ccc(F)cc3)n2)n1. The topological polar surface area (TPSA) is 115 Å². The third-order valence-corrected chi connectivity index (χ3v) is 3.29. The van der Waals surface area contributed by atoms with Crippen molar-refractivity contribution in [3.05, 3.63) is 59.4 Å². The molecule has 2 N–H and O–H groups in total. The number of carbonyl (C=O) groups excluding carboxylic acids is 1. The minimum absolute atomic E-state index is 0.00843. The predicted octanol–water partition coefficient (Wildman–Crippen LogP) is 1.15. The molecule has 2 heterocycles. The number of aromatic carboxylic acids is 1. The number of carboxylic acids is 1. The van der Waals surface area contributed by atoms with Crippen LogP contribution in [0.3, 0.4) is 0 Å². The lowest BCUT2D eigenvalue weighted by Gasteiger charge is -2.01. The predicted molar refractivity (Wildman–Crippen MR) is 83.6 cm³/mol. The molecule has 2 aromatic heterocycles. The summed E-state index contributed by atoms with van der Waals surface area (Å²) in [6.45, 7) is 0.340. The van der Waals surface area contributed by atoms with Gasteiger partial charge in [-0.05, 0) is 17.7 Å². The summed E-state index contributed by atoms with van der Waals surface area (Å²) < 4.78 is 15.6. The van der Waals surface area contributed by atoms with Crippen LogP contribution in [-0.2, 0) is 13.6 Å². The Morgan fingerprint density at radius 3 is 2.64 bits per heavy atom. The first kappa shape index (κ1) is 16.3. The van der Waals surface area contributed by atoms with Crippen molar-refractivity contribution in [3.8, 4) is 0 Å². The van der Waals surface area contributed by atoms with Gasteiger partial charge in [0.1, 0.15) is 17.7 Å². The molecule has 3 aromatic rings. The van der Waals surface area contributed by atoms with Gasteiger partial charge in [-0.1, -0.05) is 12.1 Å². The average Bonchev–Trinajstić information content (AvgIpc) is 3.16. The summed E-state index contributed by atoms with van der Waals surface area (Å²) >= 11 is 0. The number of rotatable bonds is 5. The third kappa shape index (κ3) is 3.68. The zero-order chi connectivity index (χ0) is 18.0. The molecule has 0 unspecified atom stereocenters. The van der Waals surface area contributed by atoms with E-state index in [0.717, 1.165) is 5.56 Å². The Morgan fingerprint density at radius 2 is 1.96 bits per heavy atom. The molecule has 0 bridgehead atoms. The van der Waals surface area contributed by atoms with Crippen LogP contribution in [-0.4, -0.2) is 41.5 Å². The van der Waals surface area contributed by atoms with Crippen LogP contribution in [0.5, 0.6) is 0 Å². The van der Waals surface area contributed by atoms with Gasteiger partial charge in [-0.2, -0.15) is 5.10 Å². The second-order valence-electron chi connectivity index (χ2n) is 5.22. The van der Waals surface area contributed by atoms with Gasteiger partial charge < -0.3 is 5.11 Å². The van der Waals surface area contributed by atoms with Gasteiger partial charge in [-0.25, -0.2) is 18.9 Å². The number of aromatic nitrogens is 5. The number of carbonyl (C=O) groups is 2. The van der Waals surface area contributed by atoms with E-state index in [9.17, 15) is 14.0 Å². The zero-order valence-electron chi connectivity index (χ0n) is 13.0. The second-order valence-corrected chi connectivity index (χ2v) is 5.22. The highest BCUT2D eigenvalue weighted by Crippen LogP contribution is 2.10. The van der Waals surface area contributed by atoms with Gasteiger partial charge >= 0.3 is 5.97 Å². The lowest BCUT2D eigenvalue weighted by Crippen LogP contribution is -2.17. The lowest BCUT2D eigenvalue weighted by atomic mass is 10.2. The van der Waals surface area contributed by atoms with Crippen molar-refractivity contribution in [2.45, 2.75) is 6.54 Å². The molecule has 128 valence electrons. The molecule has 0 saturated carbocycles. The smallest absolute Gasteiger partial charge is 0.339 e. The molecule has 0 spiro atoms. The molecular formula is C15H13FN6O3. The third-order valence-electron chi connectivity index (χ3n) is 3.29. The number of halogens is 1. The Hall–Kier alpha value is -3.56. The van der Waals surface area contributed by atoms with E-state index in [1.807, 2.05) is 0 Å². The minimum atomic E-state index is -1.26. The summed E-state index contributed by atoms with van der Waals surface area (Å²) in [5.74, 6) is -2.31. The highest BCUT2D eigenvalue weighted by atomic mass is 19.1. The number of carboxylic acid groups (broad SMARTS) is 1. The van der Waals surface area contributed by atoms with Crippen LogP contribution >= 0.6 is 0 Å². The van der Waals surface area contributed by atoms with E-state index in [0.29, 0.717) is 6.54 Å². The van der Waals surface area contributed by atoms with E-state index in [4.69, 9.17) is 5.11 Å². The van der Waals surface area contributed by atoms with Crippen LogP contribution < -0.4 is 5.32 Å². The highest BCUT2D eigenvalue weighted by Gasteiger charge is 2.22. The molecule has 1 aromatic carbocycles. The van der Waals surface area contributed by atoms with Crippen molar-refractivity contribution >= 4 is 17.8 Å². The molecule has 0 atom stereocenters. The summed E-state index contributed by atoms with van der Waals surface area (Å²) in [6.07, 6.45) is 2.63. The van der Waals surface area contributed by atoms with Gasteiger partial charge in [0.25, 0.3) is 5.91 Å². The van der Waals surface area contributed by atoms with Crippen LogP contribution in [0.15, 0.2) is 36.8 Å². The molecule has 0 aliphatic rings. The largest absolute Gasteiger partial charge is 0.478 e. The van der Waals surface area contributed by atoms with E-state index in [1.165, 1.54) is 41.1 Å².